The van der Waals surface area contributed by atoms with Crippen LogP contribution in [0.3, 0.4) is 0 Å². The quantitative estimate of drug-likeness (QED) is 0.775. The number of piperidine rings is 1. The van der Waals surface area contributed by atoms with Gasteiger partial charge in [-0.3, -0.25) is 9.69 Å². The third kappa shape index (κ3) is 6.23. The molecule has 0 saturated carbocycles. The molecule has 1 aliphatic rings. The average Bonchev–Trinajstić information content (AvgIpc) is 2.37. The van der Waals surface area contributed by atoms with Gasteiger partial charge < -0.3 is 10.6 Å². The van der Waals surface area contributed by atoms with Crippen molar-refractivity contribution in [2.75, 3.05) is 39.3 Å². The number of nitrogens with two attached hydrogens (primary N) is 1. The highest BCUT2D eigenvalue weighted by molar-refractivity contribution is 5.78. The van der Waals surface area contributed by atoms with Gasteiger partial charge in [-0.2, -0.15) is 0 Å². The van der Waals surface area contributed by atoms with E-state index in [0.29, 0.717) is 24.3 Å². The van der Waals surface area contributed by atoms with E-state index in [1.807, 2.05) is 4.90 Å². The number of rotatable bonds is 7. The Hall–Kier alpha value is -0.610. The Kier molecular flexibility index (Phi) is 7.52. The monoisotopic (exact) mass is 283 g/mol. The first-order chi connectivity index (χ1) is 9.42. The number of likely N-dealkylation sites (tertiary alicyclic amines) is 1. The van der Waals surface area contributed by atoms with Gasteiger partial charge in [0.2, 0.25) is 5.91 Å². The molecule has 0 spiro atoms. The molecule has 0 radical (unpaired) electrons. The van der Waals surface area contributed by atoms with Crippen LogP contribution in [0.2, 0.25) is 0 Å². The first-order valence-electron chi connectivity index (χ1n) is 8.12. The van der Waals surface area contributed by atoms with Crippen LogP contribution in [-0.2, 0) is 4.79 Å². The van der Waals surface area contributed by atoms with Gasteiger partial charge >= 0.3 is 0 Å². The van der Waals surface area contributed by atoms with Crippen molar-refractivity contribution in [2.45, 2.75) is 40.5 Å². The van der Waals surface area contributed by atoms with Crippen molar-refractivity contribution in [3.8, 4) is 0 Å². The van der Waals surface area contributed by atoms with Crippen LogP contribution in [0.1, 0.15) is 40.5 Å². The molecular formula is C16H33N3O. The van der Waals surface area contributed by atoms with Gasteiger partial charge in [-0.1, -0.05) is 27.7 Å². The molecule has 1 atom stereocenters. The Morgan fingerprint density at radius 1 is 1.25 bits per heavy atom. The number of carbonyl (C=O) groups excluding carboxylic acids is 1. The Balaban J connectivity index is 2.51. The number of hydrogen-bond acceptors (Lipinski definition) is 3. The van der Waals surface area contributed by atoms with E-state index >= 15 is 0 Å². The zero-order valence-electron chi connectivity index (χ0n) is 13.8. The molecule has 118 valence electrons. The lowest BCUT2D eigenvalue weighted by atomic mass is 9.98. The van der Waals surface area contributed by atoms with E-state index in [-0.39, 0.29) is 5.91 Å². The van der Waals surface area contributed by atoms with E-state index in [1.54, 1.807) is 0 Å². The molecule has 20 heavy (non-hydrogen) atoms. The first-order valence-corrected chi connectivity index (χ1v) is 8.12. The Labute approximate surface area is 124 Å². The lowest BCUT2D eigenvalue weighted by molar-refractivity contribution is -0.134. The smallest absolute Gasteiger partial charge is 0.236 e. The molecule has 1 saturated heterocycles. The summed E-state index contributed by atoms with van der Waals surface area (Å²) in [4.78, 5) is 16.9. The molecule has 0 bridgehead atoms. The van der Waals surface area contributed by atoms with Gasteiger partial charge in [-0.15, -0.1) is 0 Å². The van der Waals surface area contributed by atoms with Gasteiger partial charge in [0.25, 0.3) is 0 Å². The van der Waals surface area contributed by atoms with Crippen molar-refractivity contribution in [3.05, 3.63) is 0 Å². The summed E-state index contributed by atoms with van der Waals surface area (Å²) >= 11 is 0. The van der Waals surface area contributed by atoms with Crippen LogP contribution in [0.4, 0.5) is 0 Å². The summed E-state index contributed by atoms with van der Waals surface area (Å²) in [5.41, 5.74) is 5.77. The fourth-order valence-electron chi connectivity index (χ4n) is 2.94. The van der Waals surface area contributed by atoms with E-state index in [2.05, 4.69) is 32.6 Å². The summed E-state index contributed by atoms with van der Waals surface area (Å²) in [5.74, 6) is 1.90. The van der Waals surface area contributed by atoms with Gasteiger partial charge in [0.1, 0.15) is 0 Å². The van der Waals surface area contributed by atoms with Crippen LogP contribution in [0, 0.1) is 17.8 Å². The van der Waals surface area contributed by atoms with Crippen molar-refractivity contribution in [1.29, 1.82) is 0 Å². The van der Waals surface area contributed by atoms with Crippen LogP contribution in [-0.4, -0.2) is 55.0 Å². The molecule has 1 amide bonds. The molecule has 1 fully saturated rings. The maximum Gasteiger partial charge on any atom is 0.236 e. The van der Waals surface area contributed by atoms with Gasteiger partial charge in [-0.05, 0) is 43.7 Å². The molecule has 0 aliphatic carbocycles. The first kappa shape index (κ1) is 17.4. The van der Waals surface area contributed by atoms with Crippen molar-refractivity contribution < 1.29 is 4.79 Å². The van der Waals surface area contributed by atoms with Gasteiger partial charge in [0.15, 0.2) is 0 Å². The summed E-state index contributed by atoms with van der Waals surface area (Å²) in [6, 6.07) is 0. The normalized spacial score (nSPS) is 20.6. The molecule has 2 N–H and O–H groups in total. The second-order valence-electron chi connectivity index (χ2n) is 7.07. The summed E-state index contributed by atoms with van der Waals surface area (Å²) in [6.45, 7) is 13.8. The molecule has 4 heteroatoms. The Bertz CT molecular complexity index is 281. The molecule has 0 aromatic heterocycles. The van der Waals surface area contributed by atoms with E-state index in [1.165, 1.54) is 12.8 Å². The summed E-state index contributed by atoms with van der Waals surface area (Å²) < 4.78 is 0. The molecule has 1 rings (SSSR count). The number of carbonyl (C=O) groups is 1. The third-order valence-corrected chi connectivity index (χ3v) is 3.82. The van der Waals surface area contributed by atoms with E-state index in [9.17, 15) is 4.79 Å². The fourth-order valence-corrected chi connectivity index (χ4v) is 2.94. The average molecular weight is 283 g/mol. The fraction of sp³-hybridized carbons (Fsp3) is 0.938. The summed E-state index contributed by atoms with van der Waals surface area (Å²) in [5, 5.41) is 0. The molecule has 1 heterocycles. The third-order valence-electron chi connectivity index (χ3n) is 3.82. The second kappa shape index (κ2) is 8.63. The van der Waals surface area contributed by atoms with E-state index in [0.717, 1.165) is 32.7 Å². The minimum absolute atomic E-state index is 0.282. The van der Waals surface area contributed by atoms with Crippen LogP contribution < -0.4 is 5.73 Å². The van der Waals surface area contributed by atoms with E-state index in [4.69, 9.17) is 5.73 Å². The summed E-state index contributed by atoms with van der Waals surface area (Å²) in [7, 11) is 0. The molecule has 4 nitrogen and oxygen atoms in total. The highest BCUT2D eigenvalue weighted by Gasteiger charge is 2.23. The Morgan fingerprint density at radius 2 is 1.85 bits per heavy atom. The number of amides is 1. The largest absolute Gasteiger partial charge is 0.341 e. The SMILES string of the molecule is CC(C)CN(CC(C)C)C(=O)CN1CCCC(CN)C1. The van der Waals surface area contributed by atoms with Crippen molar-refractivity contribution >= 4 is 5.91 Å². The van der Waals surface area contributed by atoms with Crippen molar-refractivity contribution in [3.63, 3.8) is 0 Å². The maximum absolute atomic E-state index is 12.5. The number of hydrogen-bond donors (Lipinski definition) is 1. The van der Waals surface area contributed by atoms with Crippen LogP contribution >= 0.6 is 0 Å². The minimum atomic E-state index is 0.282. The van der Waals surface area contributed by atoms with Crippen LogP contribution in [0.5, 0.6) is 0 Å². The van der Waals surface area contributed by atoms with E-state index < -0.39 is 0 Å². The zero-order chi connectivity index (χ0) is 15.1. The maximum atomic E-state index is 12.5. The zero-order valence-corrected chi connectivity index (χ0v) is 13.8. The second-order valence-corrected chi connectivity index (χ2v) is 7.07. The molecule has 0 aromatic carbocycles. The standard InChI is InChI=1S/C16H33N3O/c1-13(2)9-19(10-14(3)4)16(20)12-18-7-5-6-15(8-17)11-18/h13-15H,5-12,17H2,1-4H3. The van der Waals surface area contributed by atoms with Gasteiger partial charge in [-0.25, -0.2) is 0 Å². The molecule has 1 unspecified atom stereocenters. The predicted molar refractivity (Wildman–Crippen MR) is 84.5 cm³/mol. The van der Waals surface area contributed by atoms with Gasteiger partial charge in [0.05, 0.1) is 6.54 Å². The predicted octanol–water partition coefficient (Wildman–Crippen LogP) is 1.80. The molecule has 0 aromatic rings. The lowest BCUT2D eigenvalue weighted by Gasteiger charge is -2.34. The highest BCUT2D eigenvalue weighted by atomic mass is 16.2. The van der Waals surface area contributed by atoms with Crippen LogP contribution in [0.15, 0.2) is 0 Å². The lowest BCUT2D eigenvalue weighted by Crippen LogP contribution is -2.47. The molecule has 1 aliphatic heterocycles. The van der Waals surface area contributed by atoms with Crippen molar-refractivity contribution in [1.82, 2.24) is 9.80 Å². The van der Waals surface area contributed by atoms with Crippen molar-refractivity contribution in [2.24, 2.45) is 23.5 Å². The highest BCUT2D eigenvalue weighted by Crippen LogP contribution is 2.15. The summed E-state index contributed by atoms with van der Waals surface area (Å²) in [6.07, 6.45) is 2.38. The number of nitrogens with zero attached hydrogens (tertiary/aromatic N) is 2. The Morgan fingerprint density at radius 3 is 2.35 bits per heavy atom. The molecular weight excluding hydrogens is 250 g/mol. The topological polar surface area (TPSA) is 49.6 Å². The van der Waals surface area contributed by atoms with Gasteiger partial charge in [0, 0.05) is 19.6 Å². The van der Waals surface area contributed by atoms with Crippen LogP contribution in [0.25, 0.3) is 0 Å². The minimum Gasteiger partial charge on any atom is -0.341 e.